The molecule has 0 aliphatic heterocycles. The number of unbranched alkanes of at least 4 members (excludes halogenated alkanes) is 11. The van der Waals surface area contributed by atoms with E-state index in [2.05, 4.69) is 19.1 Å². The van der Waals surface area contributed by atoms with Crippen LogP contribution in [0.2, 0.25) is 0 Å². The molecule has 0 saturated heterocycles. The van der Waals surface area contributed by atoms with Gasteiger partial charge in [0.1, 0.15) is 0 Å². The standard InChI is InChI=1S/C23H44O3/c1-4-5-6-7-8-9-10-11-12-13-14-15-16-17-18-19-22(25)26-21-23(2,3)20-24/h10-11,24H,4-9,12-21H2,1-3H3/b11-10+. The summed E-state index contributed by atoms with van der Waals surface area (Å²) < 4.78 is 5.21. The minimum atomic E-state index is -0.334. The summed E-state index contributed by atoms with van der Waals surface area (Å²) in [5.41, 5.74) is -0.334. The molecule has 0 amide bonds. The fourth-order valence-electron chi connectivity index (χ4n) is 2.73. The second-order valence-corrected chi connectivity index (χ2v) is 8.32. The maximum absolute atomic E-state index is 11.6. The zero-order valence-corrected chi connectivity index (χ0v) is 17.7. The van der Waals surface area contributed by atoms with Gasteiger partial charge in [0.25, 0.3) is 0 Å². The van der Waals surface area contributed by atoms with Crippen LogP contribution in [0.5, 0.6) is 0 Å². The minimum absolute atomic E-state index is 0.0361. The van der Waals surface area contributed by atoms with Gasteiger partial charge in [-0.1, -0.05) is 84.3 Å². The van der Waals surface area contributed by atoms with Gasteiger partial charge >= 0.3 is 5.97 Å². The average Bonchev–Trinajstić information content (AvgIpc) is 2.63. The van der Waals surface area contributed by atoms with Crippen molar-refractivity contribution in [2.24, 2.45) is 5.41 Å². The van der Waals surface area contributed by atoms with Gasteiger partial charge in [0.2, 0.25) is 0 Å². The van der Waals surface area contributed by atoms with Crippen molar-refractivity contribution in [3.05, 3.63) is 12.2 Å². The van der Waals surface area contributed by atoms with E-state index >= 15 is 0 Å². The summed E-state index contributed by atoms with van der Waals surface area (Å²) in [7, 11) is 0. The van der Waals surface area contributed by atoms with Crippen molar-refractivity contribution in [1.82, 2.24) is 0 Å². The number of hydrogen-bond acceptors (Lipinski definition) is 3. The first-order valence-electron chi connectivity index (χ1n) is 10.9. The summed E-state index contributed by atoms with van der Waals surface area (Å²) >= 11 is 0. The zero-order valence-electron chi connectivity index (χ0n) is 17.7. The molecule has 0 aromatic rings. The lowest BCUT2D eigenvalue weighted by molar-refractivity contribution is -0.147. The molecule has 3 nitrogen and oxygen atoms in total. The molecule has 0 bridgehead atoms. The van der Waals surface area contributed by atoms with E-state index in [1.165, 1.54) is 70.6 Å². The topological polar surface area (TPSA) is 46.5 Å². The Morgan fingerprint density at radius 3 is 1.88 bits per heavy atom. The van der Waals surface area contributed by atoms with E-state index in [1.807, 2.05) is 13.8 Å². The molecule has 0 aromatic carbocycles. The van der Waals surface area contributed by atoms with Gasteiger partial charge in [0.15, 0.2) is 0 Å². The Kier molecular flexibility index (Phi) is 17.0. The Morgan fingerprint density at radius 1 is 0.846 bits per heavy atom. The molecule has 0 rings (SSSR count). The van der Waals surface area contributed by atoms with Crippen molar-refractivity contribution in [3.63, 3.8) is 0 Å². The van der Waals surface area contributed by atoms with Crippen LogP contribution in [0.15, 0.2) is 12.2 Å². The summed E-state index contributed by atoms with van der Waals surface area (Å²) in [6, 6.07) is 0. The maximum Gasteiger partial charge on any atom is 0.305 e. The first kappa shape index (κ1) is 25.2. The number of allylic oxidation sites excluding steroid dienone is 2. The van der Waals surface area contributed by atoms with Crippen LogP contribution in [0.3, 0.4) is 0 Å². The Labute approximate surface area is 162 Å². The van der Waals surface area contributed by atoms with Crippen LogP contribution in [-0.2, 0) is 9.53 Å². The number of rotatable bonds is 18. The molecule has 1 N–H and O–H groups in total. The molecule has 0 radical (unpaired) electrons. The van der Waals surface area contributed by atoms with Crippen LogP contribution < -0.4 is 0 Å². The van der Waals surface area contributed by atoms with E-state index in [9.17, 15) is 4.79 Å². The molecule has 0 unspecified atom stereocenters. The summed E-state index contributed by atoms with van der Waals surface area (Å²) in [6.45, 7) is 6.38. The molecule has 26 heavy (non-hydrogen) atoms. The van der Waals surface area contributed by atoms with E-state index in [-0.39, 0.29) is 18.0 Å². The van der Waals surface area contributed by atoms with Gasteiger partial charge in [-0.25, -0.2) is 0 Å². The third kappa shape index (κ3) is 18.0. The Bertz CT molecular complexity index is 347. The first-order valence-corrected chi connectivity index (χ1v) is 10.9. The van der Waals surface area contributed by atoms with Gasteiger partial charge in [-0.15, -0.1) is 0 Å². The molecule has 0 saturated carbocycles. The Morgan fingerprint density at radius 2 is 1.35 bits per heavy atom. The first-order chi connectivity index (χ1) is 12.5. The molecule has 0 aliphatic carbocycles. The van der Waals surface area contributed by atoms with Crippen LogP contribution in [-0.4, -0.2) is 24.3 Å². The number of carbonyl (C=O) groups is 1. The van der Waals surface area contributed by atoms with E-state index in [0.717, 1.165) is 12.8 Å². The number of aliphatic hydroxyl groups excluding tert-OH is 1. The zero-order chi connectivity index (χ0) is 19.5. The minimum Gasteiger partial charge on any atom is -0.465 e. The van der Waals surface area contributed by atoms with Gasteiger partial charge in [-0.3, -0.25) is 4.79 Å². The van der Waals surface area contributed by atoms with Gasteiger partial charge < -0.3 is 9.84 Å². The smallest absolute Gasteiger partial charge is 0.305 e. The van der Waals surface area contributed by atoms with Crippen molar-refractivity contribution < 1.29 is 14.6 Å². The molecule has 0 aromatic heterocycles. The Hall–Kier alpha value is -0.830. The lowest BCUT2D eigenvalue weighted by Crippen LogP contribution is -2.25. The number of aliphatic hydroxyl groups is 1. The van der Waals surface area contributed by atoms with Crippen LogP contribution >= 0.6 is 0 Å². The molecule has 0 spiro atoms. The molecular formula is C23H44O3. The largest absolute Gasteiger partial charge is 0.465 e. The van der Waals surface area contributed by atoms with Crippen molar-refractivity contribution in [2.45, 2.75) is 111 Å². The summed E-state index contributed by atoms with van der Waals surface area (Å²) in [6.07, 6.45) is 21.5. The highest BCUT2D eigenvalue weighted by Crippen LogP contribution is 2.15. The summed E-state index contributed by atoms with van der Waals surface area (Å²) in [5, 5.41) is 9.13. The average molecular weight is 369 g/mol. The number of ether oxygens (including phenoxy) is 1. The molecule has 154 valence electrons. The van der Waals surface area contributed by atoms with E-state index in [4.69, 9.17) is 9.84 Å². The fourth-order valence-corrected chi connectivity index (χ4v) is 2.73. The number of esters is 1. The highest BCUT2D eigenvalue weighted by molar-refractivity contribution is 5.69. The maximum atomic E-state index is 11.6. The van der Waals surface area contributed by atoms with Crippen LogP contribution in [0, 0.1) is 5.41 Å². The predicted molar refractivity (Wildman–Crippen MR) is 111 cm³/mol. The van der Waals surface area contributed by atoms with Gasteiger partial charge in [-0.05, 0) is 32.1 Å². The second kappa shape index (κ2) is 17.6. The third-order valence-corrected chi connectivity index (χ3v) is 4.69. The number of hydrogen-bond donors (Lipinski definition) is 1. The molecule has 0 fully saturated rings. The lowest BCUT2D eigenvalue weighted by Gasteiger charge is -2.20. The van der Waals surface area contributed by atoms with Gasteiger partial charge in [0.05, 0.1) is 13.2 Å². The van der Waals surface area contributed by atoms with Gasteiger partial charge in [-0.2, -0.15) is 0 Å². The SMILES string of the molecule is CCCCCCC/C=C/CCCCCCCCC(=O)OCC(C)(C)CO. The fraction of sp³-hybridized carbons (Fsp3) is 0.870. The molecular weight excluding hydrogens is 324 g/mol. The van der Waals surface area contributed by atoms with Crippen LogP contribution in [0.1, 0.15) is 111 Å². The number of carbonyl (C=O) groups excluding carboxylic acids is 1. The van der Waals surface area contributed by atoms with E-state index in [0.29, 0.717) is 13.0 Å². The predicted octanol–water partition coefficient (Wildman–Crippen LogP) is 6.59. The van der Waals surface area contributed by atoms with Gasteiger partial charge in [0, 0.05) is 11.8 Å². The molecule has 3 heteroatoms. The van der Waals surface area contributed by atoms with Crippen molar-refractivity contribution in [2.75, 3.05) is 13.2 Å². The van der Waals surface area contributed by atoms with E-state index in [1.54, 1.807) is 0 Å². The third-order valence-electron chi connectivity index (χ3n) is 4.69. The van der Waals surface area contributed by atoms with Crippen molar-refractivity contribution in [1.29, 1.82) is 0 Å². The summed E-state index contributed by atoms with van der Waals surface area (Å²) in [5.74, 6) is -0.133. The monoisotopic (exact) mass is 368 g/mol. The van der Waals surface area contributed by atoms with Crippen molar-refractivity contribution >= 4 is 5.97 Å². The molecule has 0 heterocycles. The second-order valence-electron chi connectivity index (χ2n) is 8.32. The Balaban J connectivity index is 3.29. The highest BCUT2D eigenvalue weighted by Gasteiger charge is 2.18. The van der Waals surface area contributed by atoms with E-state index < -0.39 is 0 Å². The normalized spacial score (nSPS) is 12.0. The quantitative estimate of drug-likeness (QED) is 0.169. The van der Waals surface area contributed by atoms with Crippen LogP contribution in [0.25, 0.3) is 0 Å². The molecule has 0 aliphatic rings. The van der Waals surface area contributed by atoms with Crippen LogP contribution in [0.4, 0.5) is 0 Å². The van der Waals surface area contributed by atoms with Crippen molar-refractivity contribution in [3.8, 4) is 0 Å². The highest BCUT2D eigenvalue weighted by atomic mass is 16.5. The lowest BCUT2D eigenvalue weighted by atomic mass is 9.96. The molecule has 0 atom stereocenters. The summed E-state index contributed by atoms with van der Waals surface area (Å²) in [4.78, 5) is 11.6.